The lowest BCUT2D eigenvalue weighted by Crippen LogP contribution is -2.33. The molecule has 0 radical (unpaired) electrons. The first-order valence-corrected chi connectivity index (χ1v) is 14.8. The molecule has 0 amide bonds. The number of nitrogen functional groups attached to an aromatic ring is 2. The van der Waals surface area contributed by atoms with Crippen LogP contribution in [0.15, 0.2) is 97.1 Å². The zero-order valence-electron chi connectivity index (χ0n) is 23.7. The topological polar surface area (TPSA) is 70.5 Å². The molecule has 1 aliphatic rings. The third-order valence-corrected chi connectivity index (χ3v) is 8.47. The van der Waals surface area contributed by atoms with E-state index in [9.17, 15) is 0 Å². The molecule has 1 aliphatic carbocycles. The van der Waals surface area contributed by atoms with E-state index in [2.05, 4.69) is 55.5 Å². The van der Waals surface area contributed by atoms with Crippen LogP contribution in [-0.4, -0.2) is 0 Å². The Bertz CT molecular complexity index is 1230. The highest BCUT2D eigenvalue weighted by molar-refractivity contribution is 5.47. The largest absolute Gasteiger partial charge is 0.457 e. The fourth-order valence-corrected chi connectivity index (χ4v) is 6.09. The average Bonchev–Trinajstić information content (AvgIpc) is 2.99. The molecule has 208 valence electrons. The van der Waals surface area contributed by atoms with E-state index >= 15 is 0 Å². The number of nitrogens with two attached hydrogens (primary N) is 2. The Hall–Kier alpha value is -3.92. The van der Waals surface area contributed by atoms with Crippen molar-refractivity contribution in [3.8, 4) is 23.0 Å². The molecule has 4 aromatic rings. The van der Waals surface area contributed by atoms with Crippen LogP contribution in [0.4, 0.5) is 11.4 Å². The molecule has 0 unspecified atom stereocenters. The number of unbranched alkanes of at least 4 members (excludes halogenated alkanes) is 3. The number of rotatable bonds is 11. The molecule has 4 aromatic carbocycles. The minimum atomic E-state index is -0.0145. The van der Waals surface area contributed by atoms with E-state index in [4.69, 9.17) is 20.9 Å². The lowest BCUT2D eigenvalue weighted by Gasteiger charge is -2.41. The zero-order chi connectivity index (χ0) is 27.8. The summed E-state index contributed by atoms with van der Waals surface area (Å²) in [4.78, 5) is 0. The van der Waals surface area contributed by atoms with Gasteiger partial charge in [-0.05, 0) is 116 Å². The van der Waals surface area contributed by atoms with Gasteiger partial charge in [0.25, 0.3) is 0 Å². The van der Waals surface area contributed by atoms with Gasteiger partial charge in [0, 0.05) is 16.8 Å². The number of ether oxygens (including phenoxy) is 2. The van der Waals surface area contributed by atoms with Crippen LogP contribution >= 0.6 is 0 Å². The second kappa shape index (κ2) is 13.0. The van der Waals surface area contributed by atoms with Crippen molar-refractivity contribution in [1.82, 2.24) is 0 Å². The summed E-state index contributed by atoms with van der Waals surface area (Å²) >= 11 is 0. The Labute approximate surface area is 239 Å². The van der Waals surface area contributed by atoms with Gasteiger partial charge in [0.05, 0.1) is 0 Å². The SMILES string of the molecule is CCCCCCC1CCC(c2ccc(Oc3ccc(N)cc3)cc2)(c2ccc(Oc3ccc(N)cc3)cc2)CC1. The van der Waals surface area contributed by atoms with Gasteiger partial charge >= 0.3 is 0 Å². The van der Waals surface area contributed by atoms with Crippen molar-refractivity contribution in [3.63, 3.8) is 0 Å². The van der Waals surface area contributed by atoms with E-state index < -0.39 is 0 Å². The Morgan fingerprint density at radius 2 is 0.975 bits per heavy atom. The monoisotopic (exact) mass is 534 g/mol. The molecular weight excluding hydrogens is 492 g/mol. The normalized spacial score (nSPS) is 15.0. The third kappa shape index (κ3) is 6.80. The highest BCUT2D eigenvalue weighted by Gasteiger charge is 2.38. The first-order chi connectivity index (χ1) is 19.5. The molecule has 0 aliphatic heterocycles. The summed E-state index contributed by atoms with van der Waals surface area (Å²) in [6, 6.07) is 32.5. The fraction of sp³-hybridized carbons (Fsp3) is 0.333. The summed E-state index contributed by atoms with van der Waals surface area (Å²) in [6.07, 6.45) is 11.6. The smallest absolute Gasteiger partial charge is 0.127 e. The molecule has 0 heterocycles. The minimum absolute atomic E-state index is 0.0145. The number of benzene rings is 4. The molecule has 1 saturated carbocycles. The van der Waals surface area contributed by atoms with Gasteiger partial charge in [-0.15, -0.1) is 0 Å². The summed E-state index contributed by atoms with van der Waals surface area (Å²) < 4.78 is 12.2. The van der Waals surface area contributed by atoms with Crippen LogP contribution in [-0.2, 0) is 5.41 Å². The van der Waals surface area contributed by atoms with Crippen LogP contribution in [0, 0.1) is 5.92 Å². The number of hydrogen-bond acceptors (Lipinski definition) is 4. The first-order valence-electron chi connectivity index (χ1n) is 14.8. The van der Waals surface area contributed by atoms with E-state index in [1.165, 1.54) is 56.1 Å². The molecule has 4 heteroatoms. The Morgan fingerprint density at radius 1 is 0.575 bits per heavy atom. The zero-order valence-corrected chi connectivity index (χ0v) is 23.7. The summed E-state index contributed by atoms with van der Waals surface area (Å²) in [5.41, 5.74) is 15.8. The Morgan fingerprint density at radius 3 is 1.38 bits per heavy atom. The standard InChI is InChI=1S/C36H42N2O2/c1-2-3-4-5-6-27-23-25-36(26-24-27,28-7-15-32(16-8-28)39-34-19-11-30(37)12-20-34)29-9-17-33(18-10-29)40-35-21-13-31(38)14-22-35/h7-22,27H,2-6,23-26,37-38H2,1H3. The molecule has 0 atom stereocenters. The quantitative estimate of drug-likeness (QED) is 0.148. The number of anilines is 2. The van der Waals surface area contributed by atoms with E-state index in [0.29, 0.717) is 0 Å². The third-order valence-electron chi connectivity index (χ3n) is 8.47. The number of hydrogen-bond donors (Lipinski definition) is 2. The van der Waals surface area contributed by atoms with Gasteiger partial charge < -0.3 is 20.9 Å². The van der Waals surface area contributed by atoms with Crippen molar-refractivity contribution in [1.29, 1.82) is 0 Å². The summed E-state index contributed by atoms with van der Waals surface area (Å²) in [5, 5.41) is 0. The van der Waals surface area contributed by atoms with Gasteiger partial charge in [-0.25, -0.2) is 0 Å². The van der Waals surface area contributed by atoms with Gasteiger partial charge in [-0.3, -0.25) is 0 Å². The molecule has 40 heavy (non-hydrogen) atoms. The van der Waals surface area contributed by atoms with E-state index in [1.807, 2.05) is 48.5 Å². The average molecular weight is 535 g/mol. The molecule has 0 bridgehead atoms. The second-order valence-corrected chi connectivity index (χ2v) is 11.3. The van der Waals surface area contributed by atoms with E-state index in [0.717, 1.165) is 53.1 Å². The summed E-state index contributed by atoms with van der Waals surface area (Å²) in [7, 11) is 0. The summed E-state index contributed by atoms with van der Waals surface area (Å²) in [6.45, 7) is 2.28. The maximum atomic E-state index is 6.10. The van der Waals surface area contributed by atoms with Crippen molar-refractivity contribution in [2.75, 3.05) is 11.5 Å². The van der Waals surface area contributed by atoms with Gasteiger partial charge in [-0.1, -0.05) is 63.3 Å². The van der Waals surface area contributed by atoms with Gasteiger partial charge in [-0.2, -0.15) is 0 Å². The van der Waals surface area contributed by atoms with Crippen LogP contribution in [0.5, 0.6) is 23.0 Å². The fourth-order valence-electron chi connectivity index (χ4n) is 6.09. The highest BCUT2D eigenvalue weighted by atomic mass is 16.5. The molecule has 5 rings (SSSR count). The first kappa shape index (κ1) is 27.6. The van der Waals surface area contributed by atoms with Crippen molar-refractivity contribution >= 4 is 11.4 Å². The van der Waals surface area contributed by atoms with Crippen LogP contribution < -0.4 is 20.9 Å². The summed E-state index contributed by atoms with van der Waals surface area (Å²) in [5.74, 6) is 4.07. The van der Waals surface area contributed by atoms with Gasteiger partial charge in [0.15, 0.2) is 0 Å². The van der Waals surface area contributed by atoms with Crippen LogP contribution in [0.1, 0.15) is 75.8 Å². The predicted octanol–water partition coefficient (Wildman–Crippen LogP) is 9.88. The van der Waals surface area contributed by atoms with Crippen molar-refractivity contribution in [2.24, 2.45) is 5.92 Å². The van der Waals surface area contributed by atoms with E-state index in [-0.39, 0.29) is 5.41 Å². The molecule has 1 fully saturated rings. The molecule has 4 nitrogen and oxygen atoms in total. The lowest BCUT2D eigenvalue weighted by molar-refractivity contribution is 0.250. The second-order valence-electron chi connectivity index (χ2n) is 11.3. The van der Waals surface area contributed by atoms with Crippen molar-refractivity contribution < 1.29 is 9.47 Å². The van der Waals surface area contributed by atoms with E-state index in [1.54, 1.807) is 0 Å². The van der Waals surface area contributed by atoms with Gasteiger partial charge in [0.2, 0.25) is 0 Å². The molecule has 0 spiro atoms. The maximum absolute atomic E-state index is 6.10. The van der Waals surface area contributed by atoms with Crippen LogP contribution in [0.2, 0.25) is 0 Å². The highest BCUT2D eigenvalue weighted by Crippen LogP contribution is 2.48. The maximum Gasteiger partial charge on any atom is 0.127 e. The predicted molar refractivity (Wildman–Crippen MR) is 166 cm³/mol. The Balaban J connectivity index is 1.35. The Kier molecular flexibility index (Phi) is 8.95. The van der Waals surface area contributed by atoms with Crippen molar-refractivity contribution in [2.45, 2.75) is 70.1 Å². The minimum Gasteiger partial charge on any atom is -0.457 e. The van der Waals surface area contributed by atoms with Gasteiger partial charge in [0.1, 0.15) is 23.0 Å². The molecular formula is C36H42N2O2. The molecule has 0 aromatic heterocycles. The molecule has 0 saturated heterocycles. The van der Waals surface area contributed by atoms with Crippen LogP contribution in [0.25, 0.3) is 0 Å². The molecule has 4 N–H and O–H groups in total. The van der Waals surface area contributed by atoms with Crippen molar-refractivity contribution in [3.05, 3.63) is 108 Å². The lowest BCUT2D eigenvalue weighted by atomic mass is 9.62. The van der Waals surface area contributed by atoms with Crippen LogP contribution in [0.3, 0.4) is 0 Å².